The number of nitrogens with zero attached hydrogens (tertiary/aromatic N) is 3. The lowest BCUT2D eigenvalue weighted by atomic mass is 9.77. The highest BCUT2D eigenvalue weighted by atomic mass is 35.5. The van der Waals surface area contributed by atoms with E-state index in [2.05, 4.69) is 5.43 Å². The van der Waals surface area contributed by atoms with Gasteiger partial charge in [-0.15, -0.1) is 0 Å². The first-order valence-electron chi connectivity index (χ1n) is 10.5. The average Bonchev–Trinajstić information content (AvgIpc) is 3.06. The molecule has 0 unspecified atom stereocenters. The van der Waals surface area contributed by atoms with Crippen molar-refractivity contribution in [2.24, 2.45) is 0 Å². The number of esters is 1. The highest BCUT2D eigenvalue weighted by molar-refractivity contribution is 6.13. The fraction of sp³-hybridized carbons (Fsp3) is 0.174. The molecule has 173 valence electrons. The number of fused-ring (bicyclic) bond motifs is 6. The van der Waals surface area contributed by atoms with Crippen LogP contribution < -0.4 is 16.0 Å². The predicted molar refractivity (Wildman–Crippen MR) is 121 cm³/mol. The SMILES string of the molecule is [NH]N1CN(Cl)CN(Nc2cccc3c2C(=O)OC32c3ccc(O)cc3Oc3cc(O)ccc32)C1. The molecule has 11 heteroatoms. The molecule has 0 amide bonds. The van der Waals surface area contributed by atoms with Crippen LogP contribution in [0.4, 0.5) is 5.69 Å². The molecule has 3 aliphatic rings. The lowest BCUT2D eigenvalue weighted by Crippen LogP contribution is -2.53. The van der Waals surface area contributed by atoms with Crippen LogP contribution in [0, 0.1) is 0 Å². The minimum absolute atomic E-state index is 0.00635. The zero-order valence-corrected chi connectivity index (χ0v) is 18.4. The number of hydrazine groups is 1. The summed E-state index contributed by atoms with van der Waals surface area (Å²) in [6.07, 6.45) is 0. The Balaban J connectivity index is 1.53. The maximum Gasteiger partial charge on any atom is 0.342 e. The van der Waals surface area contributed by atoms with Gasteiger partial charge >= 0.3 is 5.97 Å². The molecular formula is C23H19ClN5O5. The number of ether oxygens (including phenoxy) is 2. The van der Waals surface area contributed by atoms with Crippen molar-refractivity contribution in [1.29, 1.82) is 0 Å². The Kier molecular flexibility index (Phi) is 4.63. The number of halogens is 1. The first-order chi connectivity index (χ1) is 16.3. The van der Waals surface area contributed by atoms with Gasteiger partial charge in [0.1, 0.15) is 23.0 Å². The molecule has 0 aromatic heterocycles. The van der Waals surface area contributed by atoms with E-state index >= 15 is 0 Å². The van der Waals surface area contributed by atoms with Crippen LogP contribution in [-0.2, 0) is 10.3 Å². The van der Waals surface area contributed by atoms with Crippen LogP contribution in [0.2, 0.25) is 0 Å². The van der Waals surface area contributed by atoms with Crippen molar-refractivity contribution in [2.45, 2.75) is 5.60 Å². The highest BCUT2D eigenvalue weighted by Gasteiger charge is 2.54. The number of benzene rings is 3. The van der Waals surface area contributed by atoms with E-state index in [4.69, 9.17) is 27.1 Å². The molecule has 3 aromatic carbocycles. The number of anilines is 1. The van der Waals surface area contributed by atoms with Gasteiger partial charge in [0.25, 0.3) is 0 Å². The first-order valence-corrected chi connectivity index (χ1v) is 10.8. The Hall–Kier alpha value is -3.54. The van der Waals surface area contributed by atoms with Gasteiger partial charge in [0, 0.05) is 28.8 Å². The Morgan fingerprint density at radius 3 is 2.26 bits per heavy atom. The molecule has 34 heavy (non-hydrogen) atoms. The summed E-state index contributed by atoms with van der Waals surface area (Å²) in [6, 6.07) is 14.6. The molecule has 10 nitrogen and oxygen atoms in total. The van der Waals surface area contributed by atoms with Crippen molar-refractivity contribution in [2.75, 3.05) is 25.4 Å². The molecule has 3 aliphatic heterocycles. The van der Waals surface area contributed by atoms with Crippen LogP contribution in [0.25, 0.3) is 0 Å². The third-order valence-corrected chi connectivity index (χ3v) is 6.28. The minimum atomic E-state index is -1.34. The van der Waals surface area contributed by atoms with Crippen molar-refractivity contribution in [3.05, 3.63) is 76.9 Å². The van der Waals surface area contributed by atoms with Gasteiger partial charge in [-0.3, -0.25) is 0 Å². The molecule has 0 saturated carbocycles. The number of hydrogen-bond acceptors (Lipinski definition) is 9. The number of phenols is 2. The molecule has 1 radical (unpaired) electrons. The van der Waals surface area contributed by atoms with E-state index in [1.165, 1.54) is 33.7 Å². The maximum atomic E-state index is 13.4. The van der Waals surface area contributed by atoms with Gasteiger partial charge < -0.3 is 25.1 Å². The fourth-order valence-electron chi connectivity index (χ4n) is 4.79. The van der Waals surface area contributed by atoms with Gasteiger partial charge in [-0.05, 0) is 42.1 Å². The third-order valence-electron chi connectivity index (χ3n) is 6.07. The number of hydrogen-bond donors (Lipinski definition) is 3. The van der Waals surface area contributed by atoms with E-state index in [0.717, 1.165) is 0 Å². The Morgan fingerprint density at radius 2 is 1.62 bits per heavy atom. The third kappa shape index (κ3) is 3.08. The molecule has 3 aromatic rings. The largest absolute Gasteiger partial charge is 0.508 e. The molecule has 1 saturated heterocycles. The summed E-state index contributed by atoms with van der Waals surface area (Å²) in [7, 11) is 0. The zero-order valence-electron chi connectivity index (χ0n) is 17.7. The Labute approximate surface area is 199 Å². The van der Waals surface area contributed by atoms with Gasteiger partial charge in [0.15, 0.2) is 5.60 Å². The molecule has 6 rings (SSSR count). The summed E-state index contributed by atoms with van der Waals surface area (Å²) in [4.78, 5) is 13.4. The quantitative estimate of drug-likeness (QED) is 0.375. The maximum absolute atomic E-state index is 13.4. The van der Waals surface area contributed by atoms with Crippen LogP contribution in [0.1, 0.15) is 27.0 Å². The van der Waals surface area contributed by atoms with E-state index in [1.807, 2.05) is 6.07 Å². The summed E-state index contributed by atoms with van der Waals surface area (Å²) >= 11 is 6.12. The first kappa shape index (κ1) is 21.0. The molecule has 4 N–H and O–H groups in total. The summed E-state index contributed by atoms with van der Waals surface area (Å²) in [5.41, 5.74) is 4.39. The molecular weight excluding hydrogens is 462 g/mol. The van der Waals surface area contributed by atoms with Crippen molar-refractivity contribution < 1.29 is 24.5 Å². The monoisotopic (exact) mass is 480 g/mol. The number of carbonyl (C=O) groups excluding carboxylic acids is 1. The number of carbonyl (C=O) groups is 1. The van der Waals surface area contributed by atoms with Crippen LogP contribution >= 0.6 is 11.8 Å². The summed E-state index contributed by atoms with van der Waals surface area (Å²) in [6.45, 7) is 0.884. The van der Waals surface area contributed by atoms with E-state index in [9.17, 15) is 15.0 Å². The van der Waals surface area contributed by atoms with Crippen molar-refractivity contribution in [3.63, 3.8) is 0 Å². The van der Waals surface area contributed by atoms with E-state index in [-0.39, 0.29) is 24.8 Å². The van der Waals surface area contributed by atoms with Gasteiger partial charge in [-0.25, -0.2) is 4.79 Å². The molecule has 0 aliphatic carbocycles. The number of phenolic OH excluding ortho intramolecular Hbond substituents is 2. The number of aromatic hydroxyl groups is 2. The standard InChI is InChI=1S/C23H19ClN5O5/c24-27-10-28(25)12-29(11-27)26-18-3-1-2-17-21(18)22(32)34-23(17)15-6-4-13(30)8-19(15)33-20-9-14(31)5-7-16(20)23/h1-9,25-26,30-31H,10-12H2. The van der Waals surface area contributed by atoms with Gasteiger partial charge in [-0.1, -0.05) is 12.1 Å². The van der Waals surface area contributed by atoms with Crippen LogP contribution in [0.15, 0.2) is 54.6 Å². The van der Waals surface area contributed by atoms with Gasteiger partial charge in [0.05, 0.1) is 31.3 Å². The van der Waals surface area contributed by atoms with Crippen LogP contribution in [-0.4, -0.2) is 50.6 Å². The van der Waals surface area contributed by atoms with Gasteiger partial charge in [0.2, 0.25) is 0 Å². The second-order valence-electron chi connectivity index (χ2n) is 8.34. The average molecular weight is 481 g/mol. The smallest absolute Gasteiger partial charge is 0.342 e. The summed E-state index contributed by atoms with van der Waals surface area (Å²) < 4.78 is 13.6. The molecule has 3 heterocycles. The lowest BCUT2D eigenvalue weighted by Gasteiger charge is -2.37. The van der Waals surface area contributed by atoms with E-state index in [0.29, 0.717) is 46.1 Å². The van der Waals surface area contributed by atoms with Crippen molar-refractivity contribution in [3.8, 4) is 23.0 Å². The van der Waals surface area contributed by atoms with Crippen molar-refractivity contribution in [1.82, 2.24) is 20.3 Å². The number of nitrogens with one attached hydrogen (secondary N) is 2. The molecule has 1 fully saturated rings. The molecule has 1 spiro atoms. The Bertz CT molecular complexity index is 1270. The topological polar surface area (TPSA) is 122 Å². The lowest BCUT2D eigenvalue weighted by molar-refractivity contribution is 0.0214. The summed E-state index contributed by atoms with van der Waals surface area (Å²) in [5, 5.41) is 23.1. The second-order valence-corrected chi connectivity index (χ2v) is 8.82. The minimum Gasteiger partial charge on any atom is -0.508 e. The van der Waals surface area contributed by atoms with E-state index in [1.54, 1.807) is 29.3 Å². The zero-order chi connectivity index (χ0) is 23.6. The van der Waals surface area contributed by atoms with Gasteiger partial charge in [-0.2, -0.15) is 20.3 Å². The highest BCUT2D eigenvalue weighted by Crippen LogP contribution is 2.57. The molecule has 0 bridgehead atoms. The van der Waals surface area contributed by atoms with Crippen LogP contribution in [0.5, 0.6) is 23.0 Å². The van der Waals surface area contributed by atoms with Crippen molar-refractivity contribution >= 4 is 23.4 Å². The van der Waals surface area contributed by atoms with Crippen LogP contribution in [0.3, 0.4) is 0 Å². The summed E-state index contributed by atoms with van der Waals surface area (Å²) in [5.74, 6) is 8.00. The van der Waals surface area contributed by atoms with E-state index < -0.39 is 11.6 Å². The second kappa shape index (κ2) is 7.49. The predicted octanol–water partition coefficient (Wildman–Crippen LogP) is 3.14. The molecule has 0 atom stereocenters. The normalized spacial score (nSPS) is 19.2. The number of rotatable bonds is 2. The Morgan fingerprint density at radius 1 is 0.941 bits per heavy atom. The fourth-order valence-corrected chi connectivity index (χ4v) is 5.05.